The normalized spacial score (nSPS) is 16.9. The average Bonchev–Trinajstić information content (AvgIpc) is 3.50. The SMILES string of the molecule is Cc1cccc(COc2ccc(/C(O)=C3\C(=O)C(=O)N(c4nccs4)C3c3ccc(F)cc3)cc2)c1. The molecule has 0 bridgehead atoms. The van der Waals surface area contributed by atoms with E-state index in [4.69, 9.17) is 4.74 Å². The summed E-state index contributed by atoms with van der Waals surface area (Å²) in [5.74, 6) is -1.83. The minimum atomic E-state index is -0.950. The second-order valence-corrected chi connectivity index (χ2v) is 9.21. The lowest BCUT2D eigenvalue weighted by Gasteiger charge is -2.23. The Kier molecular flexibility index (Phi) is 6.35. The number of rotatable bonds is 6. The number of carbonyl (C=O) groups excluding carboxylic acids is 2. The summed E-state index contributed by atoms with van der Waals surface area (Å²) in [5.41, 5.74) is 2.91. The highest BCUT2D eigenvalue weighted by Gasteiger charge is 2.47. The molecule has 1 amide bonds. The largest absolute Gasteiger partial charge is 0.507 e. The molecule has 1 aliphatic rings. The molecule has 180 valence electrons. The minimum absolute atomic E-state index is 0.0877. The predicted molar refractivity (Wildman–Crippen MR) is 135 cm³/mol. The number of benzene rings is 3. The van der Waals surface area contributed by atoms with Crippen LogP contribution in [0.4, 0.5) is 9.52 Å². The lowest BCUT2D eigenvalue weighted by molar-refractivity contribution is -0.132. The third kappa shape index (κ3) is 4.50. The fourth-order valence-electron chi connectivity index (χ4n) is 4.16. The number of thiazole rings is 1. The van der Waals surface area contributed by atoms with Gasteiger partial charge in [0.2, 0.25) is 0 Å². The maximum absolute atomic E-state index is 13.6. The smallest absolute Gasteiger partial charge is 0.301 e. The molecule has 1 fully saturated rings. The number of aryl methyl sites for hydroxylation is 1. The second kappa shape index (κ2) is 9.75. The molecule has 0 saturated carbocycles. The number of amides is 1. The molecule has 0 aliphatic carbocycles. The van der Waals surface area contributed by atoms with Gasteiger partial charge >= 0.3 is 5.91 Å². The first-order chi connectivity index (χ1) is 17.4. The molecule has 36 heavy (non-hydrogen) atoms. The minimum Gasteiger partial charge on any atom is -0.507 e. The Morgan fingerprint density at radius 2 is 1.83 bits per heavy atom. The monoisotopic (exact) mass is 500 g/mol. The van der Waals surface area contributed by atoms with Crippen LogP contribution < -0.4 is 9.64 Å². The first-order valence-electron chi connectivity index (χ1n) is 11.2. The van der Waals surface area contributed by atoms with Crippen molar-refractivity contribution in [2.24, 2.45) is 0 Å². The molecule has 5 rings (SSSR count). The van der Waals surface area contributed by atoms with Crippen molar-refractivity contribution in [1.82, 2.24) is 4.98 Å². The van der Waals surface area contributed by atoms with E-state index in [1.165, 1.54) is 46.7 Å². The Morgan fingerprint density at radius 3 is 2.50 bits per heavy atom. The van der Waals surface area contributed by atoms with Crippen LogP contribution in [0.25, 0.3) is 5.76 Å². The number of nitrogens with zero attached hydrogens (tertiary/aromatic N) is 2. The van der Waals surface area contributed by atoms with Crippen molar-refractivity contribution in [2.45, 2.75) is 19.6 Å². The lowest BCUT2D eigenvalue weighted by atomic mass is 9.95. The number of carbonyl (C=O) groups is 2. The molecule has 3 aromatic carbocycles. The van der Waals surface area contributed by atoms with Gasteiger partial charge in [-0.15, -0.1) is 11.3 Å². The van der Waals surface area contributed by atoms with Crippen molar-refractivity contribution < 1.29 is 23.8 Å². The van der Waals surface area contributed by atoms with E-state index in [1.807, 2.05) is 31.2 Å². The van der Waals surface area contributed by atoms with Gasteiger partial charge in [0.1, 0.15) is 23.9 Å². The van der Waals surface area contributed by atoms with Gasteiger partial charge < -0.3 is 9.84 Å². The molecule has 0 radical (unpaired) electrons. The summed E-state index contributed by atoms with van der Waals surface area (Å²) in [6.45, 7) is 2.40. The fourth-order valence-corrected chi connectivity index (χ4v) is 4.83. The number of Topliss-reactive ketones (excluding diaryl/α,β-unsaturated/α-hetero) is 1. The standard InChI is InChI=1S/C28H21FN2O4S/c1-17-3-2-4-18(15-17)16-35-22-11-7-20(8-12-22)25(32)23-24(19-5-9-21(29)10-6-19)31(27(34)26(23)33)28-30-13-14-36-28/h2-15,24,32H,16H2,1H3/b25-23+. The lowest BCUT2D eigenvalue weighted by Crippen LogP contribution is -2.29. The van der Waals surface area contributed by atoms with Gasteiger partial charge in [0.25, 0.3) is 5.78 Å². The zero-order chi connectivity index (χ0) is 25.2. The summed E-state index contributed by atoms with van der Waals surface area (Å²) >= 11 is 1.19. The first-order valence-corrected chi connectivity index (χ1v) is 12.0. The number of ketones is 1. The Morgan fingerprint density at radius 1 is 1.08 bits per heavy atom. The number of halogens is 1. The molecular weight excluding hydrogens is 479 g/mol. The van der Waals surface area contributed by atoms with Gasteiger partial charge in [0, 0.05) is 17.1 Å². The molecule has 1 unspecified atom stereocenters. The van der Waals surface area contributed by atoms with Gasteiger partial charge in [-0.1, -0.05) is 42.0 Å². The van der Waals surface area contributed by atoms with Crippen molar-refractivity contribution in [3.05, 3.63) is 118 Å². The van der Waals surface area contributed by atoms with E-state index in [1.54, 1.807) is 29.6 Å². The molecule has 0 spiro atoms. The van der Waals surface area contributed by atoms with Crippen LogP contribution >= 0.6 is 11.3 Å². The Bertz CT molecular complexity index is 1450. The number of aromatic nitrogens is 1. The maximum atomic E-state index is 13.6. The molecule has 6 nitrogen and oxygen atoms in total. The van der Waals surface area contributed by atoms with Gasteiger partial charge in [-0.05, 0) is 54.4 Å². The number of aliphatic hydroxyl groups is 1. The molecule has 1 N–H and O–H groups in total. The number of ether oxygens (including phenoxy) is 1. The van der Waals surface area contributed by atoms with Gasteiger partial charge in [-0.3, -0.25) is 14.5 Å². The highest BCUT2D eigenvalue weighted by atomic mass is 32.1. The molecule has 4 aromatic rings. The van der Waals surface area contributed by atoms with Gasteiger partial charge in [0.15, 0.2) is 5.13 Å². The summed E-state index contributed by atoms with van der Waals surface area (Å²) in [6.07, 6.45) is 1.52. The molecule has 1 aliphatic heterocycles. The maximum Gasteiger partial charge on any atom is 0.301 e. The van der Waals surface area contributed by atoms with E-state index in [-0.39, 0.29) is 11.3 Å². The molecule has 2 heterocycles. The molecule has 1 saturated heterocycles. The summed E-state index contributed by atoms with van der Waals surface area (Å²) in [5, 5.41) is 13.2. The third-order valence-corrected chi connectivity index (χ3v) is 6.64. The predicted octanol–water partition coefficient (Wildman–Crippen LogP) is 5.80. The number of hydrogen-bond acceptors (Lipinski definition) is 6. The van der Waals surface area contributed by atoms with E-state index >= 15 is 0 Å². The first kappa shape index (κ1) is 23.4. The fraction of sp³-hybridized carbons (Fsp3) is 0.107. The van der Waals surface area contributed by atoms with Crippen LogP contribution in [0.5, 0.6) is 5.75 Å². The van der Waals surface area contributed by atoms with Crippen molar-refractivity contribution in [3.63, 3.8) is 0 Å². The van der Waals surface area contributed by atoms with Crippen LogP contribution in [-0.2, 0) is 16.2 Å². The van der Waals surface area contributed by atoms with E-state index in [0.29, 0.717) is 28.6 Å². The van der Waals surface area contributed by atoms with Crippen LogP contribution in [0.15, 0.2) is 89.9 Å². The van der Waals surface area contributed by atoms with Crippen LogP contribution in [0.1, 0.15) is 28.3 Å². The van der Waals surface area contributed by atoms with E-state index in [0.717, 1.165) is 11.1 Å². The topological polar surface area (TPSA) is 79.7 Å². The average molecular weight is 501 g/mol. The third-order valence-electron chi connectivity index (χ3n) is 5.87. The zero-order valence-electron chi connectivity index (χ0n) is 19.2. The van der Waals surface area contributed by atoms with E-state index in [9.17, 15) is 19.1 Å². The highest BCUT2D eigenvalue weighted by molar-refractivity contribution is 7.14. The summed E-state index contributed by atoms with van der Waals surface area (Å²) in [4.78, 5) is 31.5. The number of anilines is 1. The Balaban J connectivity index is 1.48. The van der Waals surface area contributed by atoms with Crippen LogP contribution in [0.2, 0.25) is 0 Å². The number of hydrogen-bond donors (Lipinski definition) is 1. The summed E-state index contributed by atoms with van der Waals surface area (Å²) in [7, 11) is 0. The van der Waals surface area contributed by atoms with Crippen LogP contribution in [-0.4, -0.2) is 21.8 Å². The highest BCUT2D eigenvalue weighted by Crippen LogP contribution is 2.42. The Hall–Kier alpha value is -4.30. The van der Waals surface area contributed by atoms with Crippen molar-refractivity contribution in [2.75, 3.05) is 4.90 Å². The van der Waals surface area contributed by atoms with Crippen LogP contribution in [0.3, 0.4) is 0 Å². The van der Waals surface area contributed by atoms with Gasteiger partial charge in [0.05, 0.1) is 11.6 Å². The number of aliphatic hydroxyl groups excluding tert-OH is 1. The zero-order valence-corrected chi connectivity index (χ0v) is 20.0. The van der Waals surface area contributed by atoms with Crippen LogP contribution in [0, 0.1) is 12.7 Å². The molecule has 1 atom stereocenters. The van der Waals surface area contributed by atoms with Gasteiger partial charge in [-0.2, -0.15) is 0 Å². The molecule has 8 heteroatoms. The summed E-state index contributed by atoms with van der Waals surface area (Å²) in [6, 6.07) is 19.1. The van der Waals surface area contributed by atoms with Crippen molar-refractivity contribution >= 4 is 33.9 Å². The Labute approximate surface area is 210 Å². The van der Waals surface area contributed by atoms with Crippen molar-refractivity contribution in [3.8, 4) is 5.75 Å². The van der Waals surface area contributed by atoms with Gasteiger partial charge in [-0.25, -0.2) is 9.37 Å². The van der Waals surface area contributed by atoms with E-state index in [2.05, 4.69) is 4.98 Å². The molecular formula is C28H21FN2O4S. The van der Waals surface area contributed by atoms with Crippen molar-refractivity contribution in [1.29, 1.82) is 0 Å². The molecule has 1 aromatic heterocycles. The summed E-state index contributed by atoms with van der Waals surface area (Å²) < 4.78 is 19.5. The quantitative estimate of drug-likeness (QED) is 0.206. The second-order valence-electron chi connectivity index (χ2n) is 8.34. The van der Waals surface area contributed by atoms with E-state index < -0.39 is 23.5 Å².